The zero-order valence-corrected chi connectivity index (χ0v) is 12.5. The quantitative estimate of drug-likeness (QED) is 0.932. The van der Waals surface area contributed by atoms with Crippen LogP contribution in [0.15, 0.2) is 36.5 Å². The van der Waals surface area contributed by atoms with Gasteiger partial charge in [-0.1, -0.05) is 18.2 Å². The van der Waals surface area contributed by atoms with Gasteiger partial charge in [0.15, 0.2) is 0 Å². The average Bonchev–Trinajstić information content (AvgIpc) is 3.31. The van der Waals surface area contributed by atoms with Crippen molar-refractivity contribution >= 4 is 0 Å². The molecule has 0 bridgehead atoms. The normalized spacial score (nSPS) is 22.4. The third kappa shape index (κ3) is 2.75. The fourth-order valence-electron chi connectivity index (χ4n) is 3.49. The Hall–Kier alpha value is -1.61. The number of piperidine rings is 1. The minimum Gasteiger partial charge on any atom is -0.316 e. The first-order valence-electron chi connectivity index (χ1n) is 8.25. The van der Waals surface area contributed by atoms with E-state index in [4.69, 9.17) is 5.10 Å². The molecule has 1 aromatic heterocycles. The molecular formula is C18H23N3. The number of hydrogen-bond acceptors (Lipinski definition) is 2. The van der Waals surface area contributed by atoms with Gasteiger partial charge in [0, 0.05) is 5.69 Å². The van der Waals surface area contributed by atoms with Crippen molar-refractivity contribution in [1.29, 1.82) is 0 Å². The lowest BCUT2D eigenvalue weighted by atomic mass is 9.92. The van der Waals surface area contributed by atoms with Gasteiger partial charge in [-0.05, 0) is 74.7 Å². The summed E-state index contributed by atoms with van der Waals surface area (Å²) in [6.45, 7) is 2.34. The molecule has 3 nitrogen and oxygen atoms in total. The molecule has 3 heteroatoms. The lowest BCUT2D eigenvalue weighted by Gasteiger charge is -2.23. The van der Waals surface area contributed by atoms with Crippen molar-refractivity contribution in [3.8, 4) is 5.69 Å². The van der Waals surface area contributed by atoms with E-state index in [1.54, 1.807) is 0 Å². The van der Waals surface area contributed by atoms with Gasteiger partial charge in [0.2, 0.25) is 0 Å². The number of para-hydroxylation sites is 1. The van der Waals surface area contributed by atoms with Crippen LogP contribution in [0, 0.1) is 5.92 Å². The number of benzene rings is 1. The van der Waals surface area contributed by atoms with Gasteiger partial charge in [0.25, 0.3) is 0 Å². The number of hydrogen-bond donors (Lipinski definition) is 1. The fourth-order valence-corrected chi connectivity index (χ4v) is 3.49. The minimum absolute atomic E-state index is 0.760. The number of aromatic nitrogens is 2. The van der Waals surface area contributed by atoms with E-state index in [9.17, 15) is 0 Å². The lowest BCUT2D eigenvalue weighted by molar-refractivity contribution is 0.370. The molecule has 1 N–H and O–H groups in total. The van der Waals surface area contributed by atoms with E-state index in [1.807, 2.05) is 0 Å². The second-order valence-corrected chi connectivity index (χ2v) is 6.48. The van der Waals surface area contributed by atoms with Crippen LogP contribution in [0.4, 0.5) is 0 Å². The topological polar surface area (TPSA) is 29.9 Å². The summed E-state index contributed by atoms with van der Waals surface area (Å²) < 4.78 is 2.18. The summed E-state index contributed by atoms with van der Waals surface area (Å²) in [7, 11) is 0. The minimum atomic E-state index is 0.760. The molecule has 1 unspecified atom stereocenters. The molecule has 0 spiro atoms. The Labute approximate surface area is 126 Å². The first kappa shape index (κ1) is 13.1. The molecule has 1 atom stereocenters. The van der Waals surface area contributed by atoms with E-state index in [2.05, 4.69) is 46.5 Å². The predicted octanol–water partition coefficient (Wildman–Crippen LogP) is 3.29. The standard InChI is InChI=1S/C18H23N3/c1-2-6-16(7-3-1)21-18(11-14-5-4-10-19-12-14)17(13-20-21)15-8-9-15/h1-3,6-7,13-15,19H,4-5,8-12H2. The van der Waals surface area contributed by atoms with Gasteiger partial charge in [-0.2, -0.15) is 5.10 Å². The average molecular weight is 281 g/mol. The number of rotatable bonds is 4. The molecule has 2 aliphatic rings. The fraction of sp³-hybridized carbons (Fsp3) is 0.500. The largest absolute Gasteiger partial charge is 0.316 e. The summed E-state index contributed by atoms with van der Waals surface area (Å²) in [5.74, 6) is 1.53. The van der Waals surface area contributed by atoms with Gasteiger partial charge in [-0.3, -0.25) is 0 Å². The Bertz CT molecular complexity index is 592. The monoisotopic (exact) mass is 281 g/mol. The number of nitrogens with zero attached hydrogens (tertiary/aromatic N) is 2. The Morgan fingerprint density at radius 3 is 2.71 bits per heavy atom. The van der Waals surface area contributed by atoms with Crippen molar-refractivity contribution in [2.45, 2.75) is 38.0 Å². The number of nitrogens with one attached hydrogen (secondary N) is 1. The Balaban J connectivity index is 1.67. The van der Waals surface area contributed by atoms with Crippen molar-refractivity contribution < 1.29 is 0 Å². The van der Waals surface area contributed by atoms with E-state index >= 15 is 0 Å². The van der Waals surface area contributed by atoms with Crippen LogP contribution in [0.5, 0.6) is 0 Å². The Kier molecular flexibility index (Phi) is 3.52. The molecular weight excluding hydrogens is 258 g/mol. The molecule has 1 saturated carbocycles. The van der Waals surface area contributed by atoms with E-state index in [-0.39, 0.29) is 0 Å². The van der Waals surface area contributed by atoms with Crippen LogP contribution in [0.25, 0.3) is 5.69 Å². The first-order chi connectivity index (χ1) is 10.4. The highest BCUT2D eigenvalue weighted by Gasteiger charge is 2.30. The molecule has 2 aromatic rings. The van der Waals surface area contributed by atoms with E-state index in [1.165, 1.54) is 49.2 Å². The van der Waals surface area contributed by atoms with Crippen molar-refractivity contribution in [2.24, 2.45) is 5.92 Å². The van der Waals surface area contributed by atoms with Crippen LogP contribution in [0.1, 0.15) is 42.9 Å². The second-order valence-electron chi connectivity index (χ2n) is 6.48. The maximum absolute atomic E-state index is 4.71. The molecule has 0 radical (unpaired) electrons. The maximum Gasteiger partial charge on any atom is 0.0648 e. The Morgan fingerprint density at radius 1 is 1.14 bits per heavy atom. The zero-order valence-electron chi connectivity index (χ0n) is 12.5. The Morgan fingerprint density at radius 2 is 2.00 bits per heavy atom. The SMILES string of the molecule is c1ccc(-n2ncc(C3CC3)c2CC2CCCNC2)cc1. The highest BCUT2D eigenvalue weighted by Crippen LogP contribution is 2.42. The summed E-state index contributed by atoms with van der Waals surface area (Å²) in [5.41, 5.74) is 4.16. The molecule has 2 fully saturated rings. The molecule has 0 amide bonds. The highest BCUT2D eigenvalue weighted by molar-refractivity contribution is 5.37. The smallest absolute Gasteiger partial charge is 0.0648 e. The third-order valence-electron chi connectivity index (χ3n) is 4.80. The van der Waals surface area contributed by atoms with Crippen molar-refractivity contribution in [2.75, 3.05) is 13.1 Å². The third-order valence-corrected chi connectivity index (χ3v) is 4.80. The second kappa shape index (κ2) is 5.64. The van der Waals surface area contributed by atoms with Gasteiger partial charge in [-0.25, -0.2) is 4.68 Å². The van der Waals surface area contributed by atoms with Gasteiger partial charge >= 0.3 is 0 Å². The molecule has 110 valence electrons. The summed E-state index contributed by atoms with van der Waals surface area (Å²) in [4.78, 5) is 0. The maximum atomic E-state index is 4.71. The van der Waals surface area contributed by atoms with Crippen LogP contribution < -0.4 is 5.32 Å². The summed E-state index contributed by atoms with van der Waals surface area (Å²) in [6.07, 6.45) is 8.62. The zero-order chi connectivity index (χ0) is 14.1. The molecule has 21 heavy (non-hydrogen) atoms. The summed E-state index contributed by atoms with van der Waals surface area (Å²) in [5, 5.41) is 8.25. The molecule has 2 heterocycles. The summed E-state index contributed by atoms with van der Waals surface area (Å²) in [6, 6.07) is 10.6. The van der Waals surface area contributed by atoms with E-state index in [0.717, 1.165) is 24.8 Å². The van der Waals surface area contributed by atoms with Gasteiger partial charge in [0.05, 0.1) is 11.9 Å². The van der Waals surface area contributed by atoms with Crippen LogP contribution in [-0.4, -0.2) is 22.9 Å². The van der Waals surface area contributed by atoms with Gasteiger partial charge in [0.1, 0.15) is 0 Å². The molecule has 4 rings (SSSR count). The summed E-state index contributed by atoms with van der Waals surface area (Å²) >= 11 is 0. The van der Waals surface area contributed by atoms with Crippen LogP contribution in [0.3, 0.4) is 0 Å². The molecule has 1 aliphatic heterocycles. The van der Waals surface area contributed by atoms with Crippen LogP contribution in [0.2, 0.25) is 0 Å². The first-order valence-corrected chi connectivity index (χ1v) is 8.25. The van der Waals surface area contributed by atoms with Crippen molar-refractivity contribution in [3.63, 3.8) is 0 Å². The van der Waals surface area contributed by atoms with E-state index < -0.39 is 0 Å². The predicted molar refractivity (Wildman–Crippen MR) is 84.8 cm³/mol. The lowest BCUT2D eigenvalue weighted by Crippen LogP contribution is -2.31. The van der Waals surface area contributed by atoms with Crippen LogP contribution in [-0.2, 0) is 6.42 Å². The van der Waals surface area contributed by atoms with E-state index in [0.29, 0.717) is 0 Å². The van der Waals surface area contributed by atoms with Crippen molar-refractivity contribution in [3.05, 3.63) is 47.8 Å². The van der Waals surface area contributed by atoms with Gasteiger partial charge in [-0.15, -0.1) is 0 Å². The molecule has 1 aliphatic carbocycles. The van der Waals surface area contributed by atoms with Gasteiger partial charge < -0.3 is 5.32 Å². The molecule has 1 aromatic carbocycles. The van der Waals surface area contributed by atoms with Crippen LogP contribution >= 0.6 is 0 Å². The van der Waals surface area contributed by atoms with Crippen molar-refractivity contribution in [1.82, 2.24) is 15.1 Å². The highest BCUT2D eigenvalue weighted by atomic mass is 15.3. The molecule has 1 saturated heterocycles.